The summed E-state index contributed by atoms with van der Waals surface area (Å²) in [4.78, 5) is 19.4. The van der Waals surface area contributed by atoms with Crippen LogP contribution in [0.25, 0.3) is 0 Å². The highest BCUT2D eigenvalue weighted by Gasteiger charge is 2.04. The largest absolute Gasteiger partial charge is 0.473 e. The van der Waals surface area contributed by atoms with Gasteiger partial charge in [-0.3, -0.25) is 10.0 Å². The summed E-state index contributed by atoms with van der Waals surface area (Å²) in [5, 5.41) is 13.2. The van der Waals surface area contributed by atoms with Crippen molar-refractivity contribution < 1.29 is 19.9 Å². The lowest BCUT2D eigenvalue weighted by molar-refractivity contribution is 0.180. The number of carbonyl (C=O) groups excluding carboxylic acids is 1. The minimum absolute atomic E-state index is 0.0289. The van der Waals surface area contributed by atoms with Crippen molar-refractivity contribution in [3.05, 3.63) is 0 Å². The molecule has 0 aliphatic carbocycles. The Labute approximate surface area is 48.6 Å². The SMILES string of the molecule is O=C(O)SC(=O)NO. The molecule has 0 aromatic heterocycles. The molecule has 46 valence electrons. The van der Waals surface area contributed by atoms with Crippen LogP contribution in [0.1, 0.15) is 0 Å². The van der Waals surface area contributed by atoms with E-state index in [0.717, 1.165) is 5.48 Å². The molecule has 0 bridgehead atoms. The molecule has 0 atom stereocenters. The number of thioether (sulfide) groups is 1. The lowest BCUT2D eigenvalue weighted by Crippen LogP contribution is -2.13. The fourth-order valence-electron chi connectivity index (χ4n) is 0.102. The van der Waals surface area contributed by atoms with Gasteiger partial charge in [0.1, 0.15) is 0 Å². The standard InChI is InChI=1S/C2H3NO4S/c4-1(3-7)8-2(5)6/h7H,(H,3,4)(H,5,6). The van der Waals surface area contributed by atoms with Crippen LogP contribution in [0.5, 0.6) is 0 Å². The first-order chi connectivity index (χ1) is 3.66. The van der Waals surface area contributed by atoms with Crippen molar-refractivity contribution in [3.8, 4) is 0 Å². The van der Waals surface area contributed by atoms with Crippen LogP contribution in [0, 0.1) is 0 Å². The number of nitrogens with one attached hydrogen (secondary N) is 1. The maximum absolute atomic E-state index is 9.84. The third-order valence-electron chi connectivity index (χ3n) is 0.271. The first-order valence-corrected chi connectivity index (χ1v) is 2.33. The van der Waals surface area contributed by atoms with Gasteiger partial charge in [0.25, 0.3) is 0 Å². The number of hydrogen-bond acceptors (Lipinski definition) is 4. The number of hydrogen-bond donors (Lipinski definition) is 3. The quantitative estimate of drug-likeness (QED) is 0.334. The summed E-state index contributed by atoms with van der Waals surface area (Å²) < 4.78 is 0. The molecule has 0 aromatic carbocycles. The zero-order chi connectivity index (χ0) is 6.57. The van der Waals surface area contributed by atoms with Crippen LogP contribution in [0.4, 0.5) is 9.59 Å². The summed E-state index contributed by atoms with van der Waals surface area (Å²) in [6, 6.07) is 0. The zero-order valence-corrected chi connectivity index (χ0v) is 4.44. The number of carboxylic acid groups (broad SMARTS) is 1. The van der Waals surface area contributed by atoms with E-state index in [2.05, 4.69) is 0 Å². The van der Waals surface area contributed by atoms with Gasteiger partial charge in [0.2, 0.25) is 0 Å². The van der Waals surface area contributed by atoms with Crippen molar-refractivity contribution >= 4 is 22.3 Å². The van der Waals surface area contributed by atoms with Gasteiger partial charge in [-0.2, -0.15) is 0 Å². The Kier molecular flexibility index (Phi) is 2.97. The molecule has 8 heavy (non-hydrogen) atoms. The molecule has 1 amide bonds. The second-order valence-corrected chi connectivity index (χ2v) is 1.69. The second-order valence-electron chi connectivity index (χ2n) is 0.767. The minimum Gasteiger partial charge on any atom is -0.473 e. The Hall–Kier alpha value is -0.750. The molecular weight excluding hydrogens is 134 g/mol. The summed E-state index contributed by atoms with van der Waals surface area (Å²) in [7, 11) is 0. The van der Waals surface area contributed by atoms with Crippen LogP contribution >= 0.6 is 11.8 Å². The third-order valence-corrected chi connectivity index (χ3v) is 0.723. The average Bonchev–Trinajstić information content (AvgIpc) is 1.65. The van der Waals surface area contributed by atoms with Gasteiger partial charge in [-0.25, -0.2) is 10.3 Å². The number of rotatable bonds is 0. The smallest absolute Gasteiger partial charge is 0.374 e. The van der Waals surface area contributed by atoms with Crippen molar-refractivity contribution in [1.29, 1.82) is 0 Å². The van der Waals surface area contributed by atoms with E-state index in [-0.39, 0.29) is 11.8 Å². The molecule has 0 fully saturated rings. The fraction of sp³-hybridized carbons (Fsp3) is 0. The van der Waals surface area contributed by atoms with Gasteiger partial charge in [-0.05, 0) is 0 Å². The van der Waals surface area contributed by atoms with Gasteiger partial charge >= 0.3 is 10.5 Å². The van der Waals surface area contributed by atoms with E-state index in [0.29, 0.717) is 0 Å². The summed E-state index contributed by atoms with van der Waals surface area (Å²) >= 11 is -0.0289. The molecule has 0 aliphatic heterocycles. The topological polar surface area (TPSA) is 86.6 Å². The summed E-state index contributed by atoms with van der Waals surface area (Å²) in [5.41, 5.74) is 1.14. The Morgan fingerprint density at radius 3 is 2.12 bits per heavy atom. The van der Waals surface area contributed by atoms with Gasteiger partial charge in [0, 0.05) is 0 Å². The Balaban J connectivity index is 3.40. The lowest BCUT2D eigenvalue weighted by Gasteiger charge is -1.87. The van der Waals surface area contributed by atoms with E-state index in [1.165, 1.54) is 0 Å². The summed E-state index contributed by atoms with van der Waals surface area (Å²) in [6.45, 7) is 0. The van der Waals surface area contributed by atoms with Gasteiger partial charge in [-0.1, -0.05) is 0 Å². The maximum atomic E-state index is 9.84. The monoisotopic (exact) mass is 137 g/mol. The molecule has 0 rings (SSSR count). The van der Waals surface area contributed by atoms with Crippen molar-refractivity contribution in [2.24, 2.45) is 0 Å². The first-order valence-electron chi connectivity index (χ1n) is 1.51. The van der Waals surface area contributed by atoms with E-state index in [4.69, 9.17) is 10.3 Å². The van der Waals surface area contributed by atoms with Crippen LogP contribution in [0.2, 0.25) is 0 Å². The van der Waals surface area contributed by atoms with Gasteiger partial charge in [-0.15, -0.1) is 0 Å². The summed E-state index contributed by atoms with van der Waals surface area (Å²) in [5.74, 6) is 0. The number of carbonyl (C=O) groups is 2. The van der Waals surface area contributed by atoms with E-state index in [1.807, 2.05) is 0 Å². The zero-order valence-electron chi connectivity index (χ0n) is 3.62. The van der Waals surface area contributed by atoms with Crippen molar-refractivity contribution in [2.75, 3.05) is 0 Å². The average molecular weight is 137 g/mol. The summed E-state index contributed by atoms with van der Waals surface area (Å²) in [6.07, 6.45) is 0. The van der Waals surface area contributed by atoms with Crippen LogP contribution in [0.3, 0.4) is 0 Å². The van der Waals surface area contributed by atoms with Crippen LogP contribution in [-0.2, 0) is 0 Å². The first kappa shape index (κ1) is 7.25. The molecule has 0 aliphatic rings. The molecule has 5 nitrogen and oxygen atoms in total. The number of amides is 1. The molecule has 0 heterocycles. The third kappa shape index (κ3) is 3.44. The predicted molar refractivity (Wildman–Crippen MR) is 25.9 cm³/mol. The Morgan fingerprint density at radius 2 is 2.00 bits per heavy atom. The molecule has 0 saturated carbocycles. The minimum atomic E-state index is -1.35. The molecule has 0 aromatic rings. The van der Waals surface area contributed by atoms with Gasteiger partial charge < -0.3 is 5.11 Å². The molecule has 3 N–H and O–H groups in total. The van der Waals surface area contributed by atoms with Crippen LogP contribution in [0.15, 0.2) is 0 Å². The molecule has 0 radical (unpaired) electrons. The highest BCUT2D eigenvalue weighted by molar-refractivity contribution is 8.25. The van der Waals surface area contributed by atoms with Gasteiger partial charge in [0.05, 0.1) is 11.8 Å². The van der Waals surface area contributed by atoms with Crippen LogP contribution in [-0.4, -0.2) is 20.9 Å². The highest BCUT2D eigenvalue weighted by Crippen LogP contribution is 1.99. The van der Waals surface area contributed by atoms with Crippen molar-refractivity contribution in [3.63, 3.8) is 0 Å². The fourth-order valence-corrected chi connectivity index (χ4v) is 0.306. The van der Waals surface area contributed by atoms with E-state index in [9.17, 15) is 9.59 Å². The van der Waals surface area contributed by atoms with Crippen molar-refractivity contribution in [2.45, 2.75) is 0 Å². The van der Waals surface area contributed by atoms with Gasteiger partial charge in [0.15, 0.2) is 0 Å². The molecule has 0 unspecified atom stereocenters. The van der Waals surface area contributed by atoms with Crippen molar-refractivity contribution in [1.82, 2.24) is 5.48 Å². The van der Waals surface area contributed by atoms with Crippen LogP contribution < -0.4 is 5.48 Å². The second kappa shape index (κ2) is 3.28. The molecule has 6 heteroatoms. The number of hydroxylamine groups is 1. The lowest BCUT2D eigenvalue weighted by atomic mass is 11.4. The van der Waals surface area contributed by atoms with E-state index in [1.54, 1.807) is 0 Å². The maximum Gasteiger partial charge on any atom is 0.374 e. The normalized spacial score (nSPS) is 8.12. The molecular formula is C2H3NO4S. The predicted octanol–water partition coefficient (Wildman–Crippen LogP) is 0.496. The highest BCUT2D eigenvalue weighted by atomic mass is 32.2. The molecule has 0 saturated heterocycles. The molecule has 0 spiro atoms. The van der Waals surface area contributed by atoms with E-state index < -0.39 is 10.5 Å². The Bertz CT molecular complexity index is 113. The van der Waals surface area contributed by atoms with E-state index >= 15 is 0 Å². The Morgan fingerprint density at radius 1 is 1.50 bits per heavy atom.